The Morgan fingerprint density at radius 1 is 1.06 bits per heavy atom. The van der Waals surface area contributed by atoms with Crippen molar-refractivity contribution in [2.75, 3.05) is 33.9 Å². The van der Waals surface area contributed by atoms with Gasteiger partial charge in [0.25, 0.3) is 0 Å². The molecule has 0 saturated carbocycles. The molecule has 176 valence electrons. The number of nitrogens with zero attached hydrogens (tertiary/aromatic N) is 2. The first kappa shape index (κ1) is 25.0. The van der Waals surface area contributed by atoms with Crippen molar-refractivity contribution >= 4 is 26.0 Å². The van der Waals surface area contributed by atoms with E-state index in [1.165, 1.54) is 19.3 Å². The van der Waals surface area contributed by atoms with Crippen LogP contribution in [0, 0.1) is 0 Å². The van der Waals surface area contributed by atoms with Crippen molar-refractivity contribution in [1.29, 1.82) is 0 Å². The lowest BCUT2D eigenvalue weighted by atomic mass is 10.0. The second-order valence-corrected chi connectivity index (χ2v) is 11.1. The highest BCUT2D eigenvalue weighted by Crippen LogP contribution is 2.29. The SMILES string of the molecule is COc1ccc(CN(CCCN2CCCCC2C)S(=O)(=O)c2ccc(Br)cc2)cc1OC. The summed E-state index contributed by atoms with van der Waals surface area (Å²) in [5.41, 5.74) is 0.856. The molecule has 32 heavy (non-hydrogen) atoms. The standard InChI is InChI=1S/C24H33BrN2O4S/c1-19-7-4-5-14-26(19)15-6-16-27(32(28,29)22-11-9-21(25)10-12-22)18-20-8-13-23(30-2)24(17-20)31-3/h8-13,17,19H,4-7,14-16,18H2,1-3H3. The van der Waals surface area contributed by atoms with Crippen LogP contribution in [0.25, 0.3) is 0 Å². The lowest BCUT2D eigenvalue weighted by molar-refractivity contribution is 0.155. The summed E-state index contributed by atoms with van der Waals surface area (Å²) in [6.45, 7) is 4.99. The predicted molar refractivity (Wildman–Crippen MR) is 131 cm³/mol. The van der Waals surface area contributed by atoms with E-state index in [1.807, 2.05) is 18.2 Å². The lowest BCUT2D eigenvalue weighted by Crippen LogP contribution is -2.40. The van der Waals surface area contributed by atoms with Crippen molar-refractivity contribution in [3.8, 4) is 11.5 Å². The summed E-state index contributed by atoms with van der Waals surface area (Å²) in [6.07, 6.45) is 4.50. The lowest BCUT2D eigenvalue weighted by Gasteiger charge is -2.34. The molecule has 0 N–H and O–H groups in total. The monoisotopic (exact) mass is 524 g/mol. The van der Waals surface area contributed by atoms with Gasteiger partial charge in [-0.15, -0.1) is 0 Å². The van der Waals surface area contributed by atoms with Gasteiger partial charge < -0.3 is 14.4 Å². The van der Waals surface area contributed by atoms with Crippen molar-refractivity contribution in [1.82, 2.24) is 9.21 Å². The average molecular weight is 526 g/mol. The van der Waals surface area contributed by atoms with Gasteiger partial charge in [0.2, 0.25) is 10.0 Å². The molecule has 0 spiro atoms. The molecule has 1 unspecified atom stereocenters. The van der Waals surface area contributed by atoms with Crippen LogP contribution in [-0.4, -0.2) is 57.5 Å². The molecular weight excluding hydrogens is 492 g/mol. The van der Waals surface area contributed by atoms with Gasteiger partial charge in [0.1, 0.15) is 0 Å². The fourth-order valence-electron chi connectivity index (χ4n) is 4.16. The number of halogens is 1. The predicted octanol–water partition coefficient (Wildman–Crippen LogP) is 4.92. The molecule has 8 heteroatoms. The van der Waals surface area contributed by atoms with Crippen LogP contribution >= 0.6 is 15.9 Å². The zero-order valence-corrected chi connectivity index (χ0v) is 21.5. The molecular formula is C24H33BrN2O4S. The molecule has 2 aromatic carbocycles. The number of sulfonamides is 1. The molecule has 6 nitrogen and oxygen atoms in total. The van der Waals surface area contributed by atoms with E-state index in [4.69, 9.17) is 9.47 Å². The third kappa shape index (κ3) is 6.25. The third-order valence-electron chi connectivity index (χ3n) is 6.05. The Morgan fingerprint density at radius 2 is 1.78 bits per heavy atom. The molecule has 1 heterocycles. The Hall–Kier alpha value is -1.61. The van der Waals surface area contributed by atoms with E-state index in [9.17, 15) is 8.42 Å². The fraction of sp³-hybridized carbons (Fsp3) is 0.500. The quantitative estimate of drug-likeness (QED) is 0.441. The molecule has 0 amide bonds. The van der Waals surface area contributed by atoms with Crippen LogP contribution in [0.5, 0.6) is 11.5 Å². The van der Waals surface area contributed by atoms with E-state index in [0.29, 0.717) is 29.0 Å². The number of benzene rings is 2. The van der Waals surface area contributed by atoms with Gasteiger partial charge in [-0.25, -0.2) is 8.42 Å². The highest BCUT2D eigenvalue weighted by molar-refractivity contribution is 9.10. The molecule has 0 radical (unpaired) electrons. The molecule has 1 aliphatic heterocycles. The first-order chi connectivity index (χ1) is 15.3. The minimum absolute atomic E-state index is 0.272. The zero-order valence-electron chi connectivity index (χ0n) is 19.1. The van der Waals surface area contributed by atoms with Crippen LogP contribution in [0.1, 0.15) is 38.2 Å². The first-order valence-corrected chi connectivity index (χ1v) is 13.3. The maximum atomic E-state index is 13.5. The summed E-state index contributed by atoms with van der Waals surface area (Å²) < 4.78 is 40.2. The Labute approximate surface area is 200 Å². The fourth-order valence-corrected chi connectivity index (χ4v) is 5.89. The van der Waals surface area contributed by atoms with Crippen molar-refractivity contribution in [2.45, 2.75) is 50.1 Å². The van der Waals surface area contributed by atoms with Crippen LogP contribution in [0.3, 0.4) is 0 Å². The van der Waals surface area contributed by atoms with Crippen LogP contribution in [-0.2, 0) is 16.6 Å². The maximum Gasteiger partial charge on any atom is 0.243 e. The molecule has 1 saturated heterocycles. The van der Waals surface area contributed by atoms with E-state index in [2.05, 4.69) is 27.8 Å². The molecule has 1 aliphatic rings. The highest BCUT2D eigenvalue weighted by Gasteiger charge is 2.26. The topological polar surface area (TPSA) is 59.1 Å². The van der Waals surface area contributed by atoms with Gasteiger partial charge in [0.05, 0.1) is 19.1 Å². The first-order valence-electron chi connectivity index (χ1n) is 11.1. The van der Waals surface area contributed by atoms with Gasteiger partial charge in [0, 0.05) is 23.6 Å². The maximum absolute atomic E-state index is 13.5. The van der Waals surface area contributed by atoms with Crippen molar-refractivity contribution in [2.24, 2.45) is 0 Å². The number of piperidine rings is 1. The summed E-state index contributed by atoms with van der Waals surface area (Å²) in [6, 6.07) is 12.9. The Balaban J connectivity index is 1.81. The minimum atomic E-state index is -3.65. The Morgan fingerprint density at radius 3 is 2.44 bits per heavy atom. The second-order valence-electron chi connectivity index (χ2n) is 8.22. The summed E-state index contributed by atoms with van der Waals surface area (Å²) in [7, 11) is -0.478. The van der Waals surface area contributed by atoms with Gasteiger partial charge in [-0.1, -0.05) is 28.4 Å². The molecule has 0 aromatic heterocycles. The third-order valence-corrected chi connectivity index (χ3v) is 8.44. The normalized spacial score (nSPS) is 17.5. The van der Waals surface area contributed by atoms with E-state index >= 15 is 0 Å². The molecule has 1 atom stereocenters. The molecule has 2 aromatic rings. The van der Waals surface area contributed by atoms with Crippen molar-refractivity contribution in [3.05, 3.63) is 52.5 Å². The zero-order chi connectivity index (χ0) is 23.1. The summed E-state index contributed by atoms with van der Waals surface area (Å²) in [5.74, 6) is 1.21. The van der Waals surface area contributed by atoms with Crippen LogP contribution in [0.4, 0.5) is 0 Å². The van der Waals surface area contributed by atoms with Gasteiger partial charge in [-0.3, -0.25) is 0 Å². The van der Waals surface area contributed by atoms with Crippen LogP contribution in [0.2, 0.25) is 0 Å². The Kier molecular flexibility index (Phi) is 8.99. The smallest absolute Gasteiger partial charge is 0.243 e. The van der Waals surface area contributed by atoms with E-state index in [0.717, 1.165) is 29.5 Å². The van der Waals surface area contributed by atoms with Crippen molar-refractivity contribution in [3.63, 3.8) is 0 Å². The van der Waals surface area contributed by atoms with E-state index in [1.54, 1.807) is 42.8 Å². The van der Waals surface area contributed by atoms with Gasteiger partial charge in [-0.2, -0.15) is 4.31 Å². The van der Waals surface area contributed by atoms with Crippen LogP contribution < -0.4 is 9.47 Å². The van der Waals surface area contributed by atoms with Crippen LogP contribution in [0.15, 0.2) is 51.8 Å². The van der Waals surface area contributed by atoms with Gasteiger partial charge >= 0.3 is 0 Å². The van der Waals surface area contributed by atoms with E-state index in [-0.39, 0.29) is 6.54 Å². The minimum Gasteiger partial charge on any atom is -0.493 e. The van der Waals surface area contributed by atoms with E-state index < -0.39 is 10.0 Å². The number of ether oxygens (including phenoxy) is 2. The molecule has 0 bridgehead atoms. The number of methoxy groups -OCH3 is 2. The summed E-state index contributed by atoms with van der Waals surface area (Å²) >= 11 is 3.38. The molecule has 1 fully saturated rings. The highest BCUT2D eigenvalue weighted by atomic mass is 79.9. The number of hydrogen-bond acceptors (Lipinski definition) is 5. The Bertz CT molecular complexity index is 982. The number of likely N-dealkylation sites (tertiary alicyclic amines) is 1. The van der Waals surface area contributed by atoms with Crippen molar-refractivity contribution < 1.29 is 17.9 Å². The summed E-state index contributed by atoms with van der Waals surface area (Å²) in [4.78, 5) is 2.78. The molecule has 0 aliphatic carbocycles. The summed E-state index contributed by atoms with van der Waals surface area (Å²) in [5, 5.41) is 0. The van der Waals surface area contributed by atoms with Gasteiger partial charge in [-0.05, 0) is 81.2 Å². The second kappa shape index (κ2) is 11.5. The number of rotatable bonds is 10. The average Bonchev–Trinajstić information content (AvgIpc) is 2.79. The largest absolute Gasteiger partial charge is 0.493 e. The molecule has 3 rings (SSSR count). The van der Waals surface area contributed by atoms with Gasteiger partial charge in [0.15, 0.2) is 11.5 Å². The number of hydrogen-bond donors (Lipinski definition) is 0.